The molecule has 0 radical (unpaired) electrons. The van der Waals surface area contributed by atoms with Crippen molar-refractivity contribution < 1.29 is 4.74 Å². The van der Waals surface area contributed by atoms with Crippen molar-refractivity contribution in [1.82, 2.24) is 109 Å². The maximum Gasteiger partial charge on any atom is 0.205 e. The molecule has 0 fully saturated rings. The number of rotatable bonds is 12. The minimum absolute atomic E-state index is 0.637. The summed E-state index contributed by atoms with van der Waals surface area (Å²) in [5, 5.41) is 61.5. The van der Waals surface area contributed by atoms with Crippen molar-refractivity contribution in [2.45, 2.75) is 27.7 Å². The van der Waals surface area contributed by atoms with Gasteiger partial charge in [-0.2, -0.15) is 43.6 Å². The number of fused-ring (bicyclic) bond motifs is 4. The van der Waals surface area contributed by atoms with Crippen LogP contribution in [0.2, 0.25) is 0 Å². The van der Waals surface area contributed by atoms with Crippen LogP contribution in [0.5, 0.6) is 5.75 Å². The highest BCUT2D eigenvalue weighted by atomic mass is 16.5. The first kappa shape index (κ1) is 65.6. The van der Waals surface area contributed by atoms with E-state index in [4.69, 9.17) is 9.84 Å². The first-order valence-electron chi connectivity index (χ1n) is 32.6. The van der Waals surface area contributed by atoms with E-state index in [9.17, 15) is 0 Å². The third-order valence-electron chi connectivity index (χ3n) is 16.8. The van der Waals surface area contributed by atoms with Crippen LogP contribution in [0.3, 0.4) is 0 Å². The normalized spacial score (nSPS) is 12.1. The van der Waals surface area contributed by atoms with Crippen molar-refractivity contribution in [3.05, 3.63) is 273 Å². The highest BCUT2D eigenvalue weighted by Gasteiger charge is 2.21. The van der Waals surface area contributed by atoms with E-state index in [1.165, 1.54) is 0 Å². The number of hydrogen-bond acceptors (Lipinski definition) is 20. The molecule has 0 aliphatic rings. The number of nitrogens with zero attached hydrogens (tertiary/aromatic N) is 24. The van der Waals surface area contributed by atoms with Gasteiger partial charge in [0.1, 0.15) is 40.0 Å². The number of anilines is 2. The molecule has 0 spiro atoms. The highest BCUT2D eigenvalue weighted by molar-refractivity contribution is 5.73. The van der Waals surface area contributed by atoms with Crippen molar-refractivity contribution in [2.24, 2.45) is 7.05 Å². The highest BCUT2D eigenvalue weighted by Crippen LogP contribution is 2.23. The fourth-order valence-corrected chi connectivity index (χ4v) is 11.3. The van der Waals surface area contributed by atoms with E-state index in [-0.39, 0.29) is 0 Å². The number of ether oxygens (including phenoxy) is 1. The molecular weight excluding hydrogens is 1280 g/mol. The molecule has 0 saturated carbocycles. The van der Waals surface area contributed by atoms with Crippen LogP contribution in [0.25, 0.3) is 104 Å². The second-order valence-electron chi connectivity index (χ2n) is 24.2. The SMILES string of the molecule is COc1ccc(C=c2c(C)nn3c(-c4ccccn4)nnc23)cc1.Cc1cc(-c2nnc3c(=Cc4ccc(N(C)C)cc4)c(-c4ccccc4)nn23)nn1C.Cc1nn2c(-c3ccccn3)nnc2c1=Cc1ccc(N(C)C)nc1.Cc1nn2c(-c3ccccn3)nnc2c1=Cc1ccccc1. The summed E-state index contributed by atoms with van der Waals surface area (Å²) in [7, 11) is 11.6. The fourth-order valence-electron chi connectivity index (χ4n) is 11.3. The molecule has 502 valence electrons. The molecule has 13 heterocycles. The molecule has 0 amide bonds. The Kier molecular flexibility index (Phi) is 18.5. The molecule has 0 aliphatic heterocycles. The van der Waals surface area contributed by atoms with E-state index in [1.807, 2.05) is 224 Å². The topological polar surface area (TPSA) is 257 Å². The first-order chi connectivity index (χ1) is 49.7. The van der Waals surface area contributed by atoms with Crippen molar-refractivity contribution in [2.75, 3.05) is 45.1 Å². The third kappa shape index (κ3) is 13.7. The molecule has 25 heteroatoms. The van der Waals surface area contributed by atoms with Crippen LogP contribution < -0.4 is 35.4 Å². The van der Waals surface area contributed by atoms with Crippen LogP contribution in [0.1, 0.15) is 45.0 Å². The summed E-state index contributed by atoms with van der Waals surface area (Å²) >= 11 is 0. The van der Waals surface area contributed by atoms with Gasteiger partial charge in [0.15, 0.2) is 22.6 Å². The Bertz CT molecular complexity index is 5940. The molecule has 13 aromatic heterocycles. The van der Waals surface area contributed by atoms with E-state index in [0.717, 1.165) is 134 Å². The maximum atomic E-state index is 5.19. The number of hydrogen-bond donors (Lipinski definition) is 0. The number of methoxy groups -OCH3 is 1. The van der Waals surface area contributed by atoms with Gasteiger partial charge in [-0.3, -0.25) is 19.6 Å². The van der Waals surface area contributed by atoms with Crippen LogP contribution in [0, 0.1) is 27.7 Å². The molecule has 17 aromatic rings. The Balaban J connectivity index is 0.000000116. The summed E-state index contributed by atoms with van der Waals surface area (Å²) in [5.74, 6) is 4.32. The summed E-state index contributed by atoms with van der Waals surface area (Å²) in [6.45, 7) is 7.92. The van der Waals surface area contributed by atoms with Gasteiger partial charge in [0.2, 0.25) is 23.3 Å². The van der Waals surface area contributed by atoms with Gasteiger partial charge in [-0.05, 0) is 153 Å². The van der Waals surface area contributed by atoms with Crippen LogP contribution >= 0.6 is 0 Å². The summed E-state index contributed by atoms with van der Waals surface area (Å²) in [5.41, 5.74) is 17.0. The van der Waals surface area contributed by atoms with Crippen LogP contribution in [-0.4, -0.2) is 144 Å². The number of aromatic nitrogens is 22. The van der Waals surface area contributed by atoms with E-state index >= 15 is 0 Å². The predicted octanol–water partition coefficient (Wildman–Crippen LogP) is 8.71. The lowest BCUT2D eigenvalue weighted by atomic mass is 10.1. The molecule has 0 bridgehead atoms. The Morgan fingerprint density at radius 1 is 0.363 bits per heavy atom. The second-order valence-corrected chi connectivity index (χ2v) is 24.2. The minimum Gasteiger partial charge on any atom is -0.497 e. The van der Waals surface area contributed by atoms with Gasteiger partial charge in [0, 0.05) is 97.8 Å². The average molecular weight is 1350 g/mol. The molecule has 4 aromatic carbocycles. The number of aryl methyl sites for hydroxylation is 5. The Labute approximate surface area is 584 Å². The zero-order valence-corrected chi connectivity index (χ0v) is 57.6. The monoisotopic (exact) mass is 1340 g/mol. The molecule has 0 unspecified atom stereocenters. The Hall–Kier alpha value is -13.7. The van der Waals surface area contributed by atoms with Gasteiger partial charge in [-0.25, -0.2) is 4.98 Å². The fraction of sp³-hybridized carbons (Fsp3) is 0.130. The second kappa shape index (κ2) is 28.8. The van der Waals surface area contributed by atoms with Gasteiger partial charge in [0.05, 0.1) is 24.2 Å². The van der Waals surface area contributed by atoms with Gasteiger partial charge in [-0.15, -0.1) is 40.8 Å². The number of benzene rings is 4. The molecular formula is C77H68N24O. The van der Waals surface area contributed by atoms with E-state index < -0.39 is 0 Å². The molecule has 0 N–H and O–H groups in total. The quantitative estimate of drug-likeness (QED) is 0.111. The summed E-state index contributed by atoms with van der Waals surface area (Å²) in [4.78, 5) is 21.5. The summed E-state index contributed by atoms with van der Waals surface area (Å²) < 4.78 is 14.1. The molecule has 0 aliphatic carbocycles. The van der Waals surface area contributed by atoms with E-state index in [0.29, 0.717) is 28.9 Å². The van der Waals surface area contributed by atoms with Gasteiger partial charge >= 0.3 is 0 Å². The van der Waals surface area contributed by atoms with Crippen molar-refractivity contribution in [1.29, 1.82) is 0 Å². The number of pyridine rings is 4. The third-order valence-corrected chi connectivity index (χ3v) is 16.8. The standard InChI is InChI=1S/C24H23N7.C18H17N7.C18H15N5O.C17H13N5/c1-16-14-21(27-30(16)4)24-26-25-23-20(15-17-10-12-19(13-11-17)29(2)3)22(28-31(23)24)18-8-6-5-7-9-18;1-12-14(10-13-7-8-16(20-11-13)24(2)3)17-21-22-18(25(17)23-12)15-6-4-5-9-19-15;1-12-15(11-13-6-8-14(24-2)9-7-13)17-20-21-18(23(17)22-12)16-5-3-4-10-19-16;1-12-14(11-13-7-3-2-4-8-13)16-19-20-17(22(16)21-12)15-9-5-6-10-18-15/h5-15H,1-4H3;4-11H,1-3H3;3-11H,1-2H3;2-11H,1H3. The zero-order valence-electron chi connectivity index (χ0n) is 57.6. The minimum atomic E-state index is 0.637. The lowest BCUT2D eigenvalue weighted by Gasteiger charge is -2.11. The smallest absolute Gasteiger partial charge is 0.205 e. The molecule has 17 rings (SSSR count). The molecule has 102 heavy (non-hydrogen) atoms. The Morgan fingerprint density at radius 2 is 0.765 bits per heavy atom. The summed E-state index contributed by atoms with van der Waals surface area (Å²) in [6, 6.07) is 59.7. The lowest BCUT2D eigenvalue weighted by molar-refractivity contribution is 0.415. The summed E-state index contributed by atoms with van der Waals surface area (Å²) in [6.07, 6.45) is 15.3. The molecule has 0 atom stereocenters. The van der Waals surface area contributed by atoms with Gasteiger partial charge in [0.25, 0.3) is 0 Å². The first-order valence-corrected chi connectivity index (χ1v) is 32.6. The Morgan fingerprint density at radius 3 is 1.18 bits per heavy atom. The van der Waals surface area contributed by atoms with E-state index in [1.54, 1.807) is 43.8 Å². The largest absolute Gasteiger partial charge is 0.497 e. The van der Waals surface area contributed by atoms with Crippen LogP contribution in [-0.2, 0) is 7.05 Å². The van der Waals surface area contributed by atoms with Crippen molar-refractivity contribution >= 4 is 58.4 Å². The van der Waals surface area contributed by atoms with Crippen molar-refractivity contribution in [3.8, 4) is 63.1 Å². The predicted molar refractivity (Wildman–Crippen MR) is 393 cm³/mol. The molecule has 0 saturated heterocycles. The van der Waals surface area contributed by atoms with Crippen LogP contribution in [0.4, 0.5) is 11.5 Å². The van der Waals surface area contributed by atoms with Crippen molar-refractivity contribution in [3.63, 3.8) is 0 Å². The zero-order chi connectivity index (χ0) is 70.4. The lowest BCUT2D eigenvalue weighted by Crippen LogP contribution is -2.10. The molecule has 25 nitrogen and oxygen atoms in total. The average Bonchev–Trinajstić information content (AvgIpc) is 1.62. The van der Waals surface area contributed by atoms with Gasteiger partial charge < -0.3 is 14.5 Å². The van der Waals surface area contributed by atoms with Crippen LogP contribution in [0.15, 0.2) is 207 Å². The van der Waals surface area contributed by atoms with E-state index in [2.05, 4.69) is 147 Å². The maximum absolute atomic E-state index is 5.19. The van der Waals surface area contributed by atoms with Gasteiger partial charge in [-0.1, -0.05) is 103 Å².